The van der Waals surface area contributed by atoms with Crippen LogP contribution in [-0.2, 0) is 0 Å². The molecule has 0 spiro atoms. The maximum atomic E-state index is 2.65. The Kier molecular flexibility index (Phi) is 2.49. The summed E-state index contributed by atoms with van der Waals surface area (Å²) in [5, 5.41) is 0. The standard InChI is InChI=1S/C14H19N/c1-2-6-12(7-3-1)14-10-13(14)11-15-8-4-5-9-15/h1-3,6-7,13-14H,4-5,8-11H2/t13-,14+/m0/s1. The lowest BCUT2D eigenvalue weighted by atomic mass is 10.1. The average Bonchev–Trinajstić information content (AvgIpc) is 2.84. The Hall–Kier alpha value is -0.820. The zero-order valence-corrected chi connectivity index (χ0v) is 9.23. The smallest absolute Gasteiger partial charge is 0.00157 e. The Labute approximate surface area is 92.1 Å². The number of hydrogen-bond acceptors (Lipinski definition) is 1. The molecule has 1 nitrogen and oxygen atoms in total. The maximum Gasteiger partial charge on any atom is 0.00157 e. The van der Waals surface area contributed by atoms with Gasteiger partial charge in [-0.1, -0.05) is 30.3 Å². The molecule has 1 aromatic carbocycles. The first-order chi connectivity index (χ1) is 7.43. The van der Waals surface area contributed by atoms with Gasteiger partial charge in [-0.15, -0.1) is 0 Å². The van der Waals surface area contributed by atoms with Gasteiger partial charge in [0.05, 0.1) is 0 Å². The molecule has 1 heteroatoms. The fourth-order valence-electron chi connectivity index (χ4n) is 2.85. The molecule has 3 rings (SSSR count). The maximum absolute atomic E-state index is 2.65. The van der Waals surface area contributed by atoms with Crippen LogP contribution in [0.1, 0.15) is 30.7 Å². The van der Waals surface area contributed by atoms with Crippen molar-refractivity contribution < 1.29 is 0 Å². The molecule has 15 heavy (non-hydrogen) atoms. The van der Waals surface area contributed by atoms with E-state index in [4.69, 9.17) is 0 Å². The van der Waals surface area contributed by atoms with Crippen molar-refractivity contribution in [2.45, 2.75) is 25.2 Å². The number of nitrogens with zero attached hydrogens (tertiary/aromatic N) is 1. The first-order valence-corrected chi connectivity index (χ1v) is 6.21. The second-order valence-corrected chi connectivity index (χ2v) is 5.02. The van der Waals surface area contributed by atoms with E-state index in [-0.39, 0.29) is 0 Å². The van der Waals surface area contributed by atoms with Crippen molar-refractivity contribution in [1.82, 2.24) is 4.90 Å². The molecule has 0 radical (unpaired) electrons. The molecule has 2 atom stereocenters. The summed E-state index contributed by atoms with van der Waals surface area (Å²) in [6, 6.07) is 11.0. The average molecular weight is 201 g/mol. The molecule has 0 bridgehead atoms. The van der Waals surface area contributed by atoms with Gasteiger partial charge in [-0.05, 0) is 49.8 Å². The van der Waals surface area contributed by atoms with Gasteiger partial charge in [-0.25, -0.2) is 0 Å². The molecule has 1 aromatic rings. The Balaban J connectivity index is 1.55. The molecular weight excluding hydrogens is 182 g/mol. The monoisotopic (exact) mass is 201 g/mol. The van der Waals surface area contributed by atoms with Crippen molar-refractivity contribution in [3.05, 3.63) is 35.9 Å². The van der Waals surface area contributed by atoms with Crippen molar-refractivity contribution in [3.8, 4) is 0 Å². The molecule has 1 aliphatic carbocycles. The highest BCUT2D eigenvalue weighted by molar-refractivity contribution is 5.25. The topological polar surface area (TPSA) is 3.24 Å². The largest absolute Gasteiger partial charge is 0.303 e. The van der Waals surface area contributed by atoms with Crippen LogP contribution in [0.3, 0.4) is 0 Å². The van der Waals surface area contributed by atoms with Crippen LogP contribution >= 0.6 is 0 Å². The molecular formula is C14H19N. The first kappa shape index (κ1) is 9.41. The first-order valence-electron chi connectivity index (χ1n) is 6.21. The van der Waals surface area contributed by atoms with E-state index in [9.17, 15) is 0 Å². The summed E-state index contributed by atoms with van der Waals surface area (Å²) in [5.41, 5.74) is 1.56. The van der Waals surface area contributed by atoms with Gasteiger partial charge >= 0.3 is 0 Å². The van der Waals surface area contributed by atoms with Crippen molar-refractivity contribution in [2.24, 2.45) is 5.92 Å². The van der Waals surface area contributed by atoms with Gasteiger partial charge in [0, 0.05) is 6.54 Å². The summed E-state index contributed by atoms with van der Waals surface area (Å²) < 4.78 is 0. The highest BCUT2D eigenvalue weighted by atomic mass is 15.1. The molecule has 1 saturated heterocycles. The molecule has 1 heterocycles. The van der Waals surface area contributed by atoms with E-state index in [0.29, 0.717) is 0 Å². The molecule has 2 aliphatic rings. The quantitative estimate of drug-likeness (QED) is 0.727. The molecule has 0 unspecified atom stereocenters. The third-order valence-corrected chi connectivity index (χ3v) is 3.84. The summed E-state index contributed by atoms with van der Waals surface area (Å²) in [7, 11) is 0. The number of rotatable bonds is 3. The summed E-state index contributed by atoms with van der Waals surface area (Å²) >= 11 is 0. The Bertz CT molecular complexity index is 313. The Morgan fingerprint density at radius 2 is 1.80 bits per heavy atom. The van der Waals surface area contributed by atoms with Gasteiger partial charge in [0.15, 0.2) is 0 Å². The Morgan fingerprint density at radius 1 is 1.07 bits per heavy atom. The minimum absolute atomic E-state index is 0.867. The van der Waals surface area contributed by atoms with Gasteiger partial charge in [-0.3, -0.25) is 0 Å². The molecule has 1 saturated carbocycles. The van der Waals surface area contributed by atoms with Gasteiger partial charge < -0.3 is 4.90 Å². The van der Waals surface area contributed by atoms with Crippen molar-refractivity contribution in [1.29, 1.82) is 0 Å². The van der Waals surface area contributed by atoms with Crippen LogP contribution in [0.25, 0.3) is 0 Å². The van der Waals surface area contributed by atoms with E-state index in [1.165, 1.54) is 38.9 Å². The molecule has 80 valence electrons. The highest BCUT2D eigenvalue weighted by Crippen LogP contribution is 2.47. The number of benzene rings is 1. The fourth-order valence-corrected chi connectivity index (χ4v) is 2.85. The predicted octanol–water partition coefficient (Wildman–Crippen LogP) is 2.89. The lowest BCUT2D eigenvalue weighted by molar-refractivity contribution is 0.322. The summed E-state index contributed by atoms with van der Waals surface area (Å²) in [6.07, 6.45) is 4.26. The number of hydrogen-bond donors (Lipinski definition) is 0. The van der Waals surface area contributed by atoms with Crippen LogP contribution < -0.4 is 0 Å². The second-order valence-electron chi connectivity index (χ2n) is 5.02. The zero-order chi connectivity index (χ0) is 10.1. The van der Waals surface area contributed by atoms with Gasteiger partial charge in [0.2, 0.25) is 0 Å². The highest BCUT2D eigenvalue weighted by Gasteiger charge is 2.39. The van der Waals surface area contributed by atoms with E-state index in [1.807, 2.05) is 0 Å². The van der Waals surface area contributed by atoms with Crippen LogP contribution in [0, 0.1) is 5.92 Å². The van der Waals surface area contributed by atoms with Crippen LogP contribution in [0.5, 0.6) is 0 Å². The van der Waals surface area contributed by atoms with Gasteiger partial charge in [0.25, 0.3) is 0 Å². The van der Waals surface area contributed by atoms with E-state index in [0.717, 1.165) is 11.8 Å². The van der Waals surface area contributed by atoms with E-state index < -0.39 is 0 Å². The SMILES string of the molecule is c1ccc([C@H]2C[C@H]2CN2CCCC2)cc1. The van der Waals surface area contributed by atoms with Crippen molar-refractivity contribution in [2.75, 3.05) is 19.6 Å². The lowest BCUT2D eigenvalue weighted by Crippen LogP contribution is -2.22. The molecule has 0 amide bonds. The van der Waals surface area contributed by atoms with E-state index in [1.54, 1.807) is 5.56 Å². The summed E-state index contributed by atoms with van der Waals surface area (Å²) in [4.78, 5) is 2.65. The molecule has 0 aromatic heterocycles. The Morgan fingerprint density at radius 3 is 2.53 bits per heavy atom. The molecule has 2 fully saturated rings. The minimum atomic E-state index is 0.867. The normalized spacial score (nSPS) is 30.7. The van der Waals surface area contributed by atoms with Crippen molar-refractivity contribution in [3.63, 3.8) is 0 Å². The lowest BCUT2D eigenvalue weighted by Gasteiger charge is -2.13. The van der Waals surface area contributed by atoms with Crippen LogP contribution in [-0.4, -0.2) is 24.5 Å². The third-order valence-electron chi connectivity index (χ3n) is 3.84. The molecule has 1 aliphatic heterocycles. The minimum Gasteiger partial charge on any atom is -0.303 e. The molecule has 0 N–H and O–H groups in total. The third kappa shape index (κ3) is 2.07. The predicted molar refractivity (Wildman–Crippen MR) is 63.0 cm³/mol. The summed E-state index contributed by atoms with van der Waals surface area (Å²) in [6.45, 7) is 4.04. The zero-order valence-electron chi connectivity index (χ0n) is 9.23. The second kappa shape index (κ2) is 3.97. The van der Waals surface area contributed by atoms with Gasteiger partial charge in [-0.2, -0.15) is 0 Å². The van der Waals surface area contributed by atoms with Crippen LogP contribution in [0.15, 0.2) is 30.3 Å². The number of likely N-dealkylation sites (tertiary alicyclic amines) is 1. The van der Waals surface area contributed by atoms with Gasteiger partial charge in [0.1, 0.15) is 0 Å². The summed E-state index contributed by atoms with van der Waals surface area (Å²) in [5.74, 6) is 1.82. The van der Waals surface area contributed by atoms with E-state index in [2.05, 4.69) is 35.2 Å². The van der Waals surface area contributed by atoms with Crippen LogP contribution in [0.2, 0.25) is 0 Å². The van der Waals surface area contributed by atoms with E-state index >= 15 is 0 Å². The van der Waals surface area contributed by atoms with Crippen LogP contribution in [0.4, 0.5) is 0 Å². The van der Waals surface area contributed by atoms with Crippen molar-refractivity contribution >= 4 is 0 Å². The fraction of sp³-hybridized carbons (Fsp3) is 0.571.